The molecule has 0 aliphatic carbocycles. The molecule has 1 aromatic rings. The molecule has 0 unspecified atom stereocenters. The molecule has 0 radical (unpaired) electrons. The first kappa shape index (κ1) is 9.89. The predicted molar refractivity (Wildman–Crippen MR) is 57.5 cm³/mol. The first-order valence-electron chi connectivity index (χ1n) is 4.31. The molecule has 0 N–H and O–H groups in total. The van der Waals surface area contributed by atoms with Crippen LogP contribution in [-0.4, -0.2) is 19.3 Å². The smallest absolute Gasteiger partial charge is 0.208 e. The van der Waals surface area contributed by atoms with Crippen LogP contribution in [0.2, 0.25) is 0 Å². The lowest BCUT2D eigenvalue weighted by Crippen LogP contribution is -2.33. The van der Waals surface area contributed by atoms with Gasteiger partial charge in [-0.3, -0.25) is 0 Å². The molecule has 0 atom stereocenters. The average molecular weight is 229 g/mol. The van der Waals surface area contributed by atoms with Gasteiger partial charge in [-0.05, 0) is 23.4 Å². The van der Waals surface area contributed by atoms with Crippen molar-refractivity contribution in [3.05, 3.63) is 33.9 Å². The van der Waals surface area contributed by atoms with Crippen molar-refractivity contribution in [1.29, 1.82) is 0 Å². The van der Waals surface area contributed by atoms with Crippen LogP contribution in [0.15, 0.2) is 23.4 Å². The highest BCUT2D eigenvalue weighted by Crippen LogP contribution is 2.25. The van der Waals surface area contributed by atoms with Crippen molar-refractivity contribution in [2.24, 2.45) is 0 Å². The Bertz CT molecular complexity index is 447. The molecule has 2 rings (SSSR count). The van der Waals surface area contributed by atoms with Crippen molar-refractivity contribution in [3.63, 3.8) is 0 Å². The minimum atomic E-state index is -3.24. The van der Waals surface area contributed by atoms with Crippen LogP contribution < -0.4 is 0 Å². The predicted octanol–water partition coefficient (Wildman–Crippen LogP) is 1.58. The number of nitrogens with zero attached hydrogens (tertiary/aromatic N) is 1. The molecule has 2 heterocycles. The van der Waals surface area contributed by atoms with Crippen molar-refractivity contribution in [2.75, 3.05) is 6.54 Å². The zero-order valence-corrected chi connectivity index (χ0v) is 9.27. The number of thiophene rings is 1. The van der Waals surface area contributed by atoms with Crippen molar-refractivity contribution in [2.45, 2.75) is 13.0 Å². The molecular formula is C9H11NO2S2. The topological polar surface area (TPSA) is 37.4 Å². The van der Waals surface area contributed by atoms with E-state index in [1.807, 2.05) is 11.4 Å². The van der Waals surface area contributed by atoms with E-state index in [2.05, 4.69) is 6.58 Å². The van der Waals surface area contributed by atoms with E-state index in [1.165, 1.54) is 9.18 Å². The van der Waals surface area contributed by atoms with E-state index < -0.39 is 10.0 Å². The standard InChI is InChI=1S/C9H11NO2S2/c1-2-14(11,12)10-5-3-9-8(7-10)4-6-13-9/h2,4,6H,1,3,5,7H2. The highest BCUT2D eigenvalue weighted by Gasteiger charge is 2.24. The van der Waals surface area contributed by atoms with Crippen LogP contribution in [0.3, 0.4) is 0 Å². The molecule has 5 heteroatoms. The van der Waals surface area contributed by atoms with Crippen LogP contribution in [-0.2, 0) is 23.0 Å². The average Bonchev–Trinajstić information content (AvgIpc) is 2.64. The number of rotatable bonds is 2. The molecule has 1 aliphatic rings. The molecular weight excluding hydrogens is 218 g/mol. The van der Waals surface area contributed by atoms with Crippen LogP contribution in [0, 0.1) is 0 Å². The van der Waals surface area contributed by atoms with Gasteiger partial charge in [0.25, 0.3) is 0 Å². The van der Waals surface area contributed by atoms with Crippen LogP contribution in [0.4, 0.5) is 0 Å². The summed E-state index contributed by atoms with van der Waals surface area (Å²) in [5.74, 6) is 0. The Labute approximate surface area is 87.7 Å². The summed E-state index contributed by atoms with van der Waals surface area (Å²) >= 11 is 1.70. The molecule has 0 aromatic carbocycles. The third-order valence-electron chi connectivity index (χ3n) is 2.34. The van der Waals surface area contributed by atoms with Crippen molar-refractivity contribution in [1.82, 2.24) is 4.31 Å². The lowest BCUT2D eigenvalue weighted by atomic mass is 10.1. The molecule has 1 aromatic heterocycles. The van der Waals surface area contributed by atoms with Gasteiger partial charge in [0.2, 0.25) is 10.0 Å². The normalized spacial score (nSPS) is 17.7. The van der Waals surface area contributed by atoms with Gasteiger partial charge in [-0.25, -0.2) is 8.42 Å². The third kappa shape index (κ3) is 1.63. The van der Waals surface area contributed by atoms with Gasteiger partial charge in [-0.2, -0.15) is 4.31 Å². The Hall–Kier alpha value is -0.650. The van der Waals surface area contributed by atoms with E-state index >= 15 is 0 Å². The highest BCUT2D eigenvalue weighted by atomic mass is 32.2. The van der Waals surface area contributed by atoms with Crippen molar-refractivity contribution in [3.8, 4) is 0 Å². The van der Waals surface area contributed by atoms with Crippen molar-refractivity contribution < 1.29 is 8.42 Å². The van der Waals surface area contributed by atoms with Gasteiger partial charge in [-0.15, -0.1) is 11.3 Å². The quantitative estimate of drug-likeness (QED) is 0.772. The molecule has 0 fully saturated rings. The summed E-state index contributed by atoms with van der Waals surface area (Å²) in [7, 11) is -3.24. The summed E-state index contributed by atoms with van der Waals surface area (Å²) in [6.07, 6.45) is 0.820. The zero-order valence-electron chi connectivity index (χ0n) is 7.64. The molecule has 0 saturated heterocycles. The second-order valence-corrected chi connectivity index (χ2v) is 6.04. The first-order chi connectivity index (χ1) is 6.63. The lowest BCUT2D eigenvalue weighted by molar-refractivity contribution is 0.400. The fraction of sp³-hybridized carbons (Fsp3) is 0.333. The SMILES string of the molecule is C=CS(=O)(=O)N1CCc2sccc2C1. The molecule has 76 valence electrons. The van der Waals surface area contributed by atoms with E-state index in [9.17, 15) is 8.42 Å². The largest absolute Gasteiger partial charge is 0.235 e. The number of hydrogen-bond acceptors (Lipinski definition) is 3. The molecule has 3 nitrogen and oxygen atoms in total. The van der Waals surface area contributed by atoms with Gasteiger partial charge < -0.3 is 0 Å². The van der Waals surface area contributed by atoms with Gasteiger partial charge >= 0.3 is 0 Å². The van der Waals surface area contributed by atoms with Crippen LogP contribution >= 0.6 is 11.3 Å². The number of sulfonamides is 1. The summed E-state index contributed by atoms with van der Waals surface area (Å²) in [6.45, 7) is 4.39. The lowest BCUT2D eigenvalue weighted by Gasteiger charge is -2.24. The number of fused-ring (bicyclic) bond motifs is 1. The van der Waals surface area contributed by atoms with Gasteiger partial charge in [0, 0.05) is 23.4 Å². The summed E-state index contributed by atoms with van der Waals surface area (Å²) in [5, 5.41) is 3.03. The Kier molecular flexibility index (Phi) is 2.47. The molecule has 0 spiro atoms. The van der Waals surface area contributed by atoms with Gasteiger partial charge in [0.1, 0.15) is 0 Å². The Morgan fingerprint density at radius 1 is 1.57 bits per heavy atom. The van der Waals surface area contributed by atoms with E-state index in [4.69, 9.17) is 0 Å². The molecule has 0 amide bonds. The third-order valence-corrected chi connectivity index (χ3v) is 4.82. The summed E-state index contributed by atoms with van der Waals surface area (Å²) in [4.78, 5) is 1.31. The van der Waals surface area contributed by atoms with E-state index in [-0.39, 0.29) is 0 Å². The Morgan fingerprint density at radius 2 is 2.36 bits per heavy atom. The van der Waals surface area contributed by atoms with Crippen LogP contribution in [0.25, 0.3) is 0 Å². The molecule has 14 heavy (non-hydrogen) atoms. The Morgan fingerprint density at radius 3 is 3.07 bits per heavy atom. The van der Waals surface area contributed by atoms with E-state index in [0.29, 0.717) is 13.1 Å². The molecule has 0 saturated carbocycles. The Balaban J connectivity index is 2.27. The summed E-state index contributed by atoms with van der Waals surface area (Å²) < 4.78 is 24.5. The highest BCUT2D eigenvalue weighted by molar-refractivity contribution is 7.91. The summed E-state index contributed by atoms with van der Waals surface area (Å²) in [5.41, 5.74) is 1.13. The van der Waals surface area contributed by atoms with Crippen LogP contribution in [0.1, 0.15) is 10.4 Å². The maximum Gasteiger partial charge on any atom is 0.235 e. The van der Waals surface area contributed by atoms with E-state index in [0.717, 1.165) is 17.4 Å². The van der Waals surface area contributed by atoms with Gasteiger partial charge in [0.05, 0.1) is 0 Å². The fourth-order valence-corrected chi connectivity index (χ4v) is 3.31. The van der Waals surface area contributed by atoms with Gasteiger partial charge in [0.15, 0.2) is 0 Å². The first-order valence-corrected chi connectivity index (χ1v) is 6.69. The molecule has 0 bridgehead atoms. The van der Waals surface area contributed by atoms with Crippen LogP contribution in [0.5, 0.6) is 0 Å². The second-order valence-electron chi connectivity index (χ2n) is 3.16. The minimum Gasteiger partial charge on any atom is -0.208 e. The monoisotopic (exact) mass is 229 g/mol. The maximum atomic E-state index is 11.5. The van der Waals surface area contributed by atoms with E-state index in [1.54, 1.807) is 11.3 Å². The van der Waals surface area contributed by atoms with Gasteiger partial charge in [-0.1, -0.05) is 6.58 Å². The summed E-state index contributed by atoms with van der Waals surface area (Å²) in [6, 6.07) is 1.99. The zero-order chi connectivity index (χ0) is 10.2. The maximum absolute atomic E-state index is 11.5. The minimum absolute atomic E-state index is 0.493. The fourth-order valence-electron chi connectivity index (χ4n) is 1.55. The van der Waals surface area contributed by atoms with Crippen molar-refractivity contribution >= 4 is 21.4 Å². The second kappa shape index (κ2) is 3.49. The number of hydrogen-bond donors (Lipinski definition) is 0. The molecule has 1 aliphatic heterocycles.